The van der Waals surface area contributed by atoms with Gasteiger partial charge in [-0.25, -0.2) is 4.68 Å². The summed E-state index contributed by atoms with van der Waals surface area (Å²) in [6.07, 6.45) is 2.04. The molecule has 1 aromatic heterocycles. The molecule has 0 bridgehead atoms. The van der Waals surface area contributed by atoms with Crippen LogP contribution in [0.1, 0.15) is 5.56 Å². The fourth-order valence-electron chi connectivity index (χ4n) is 1.67. The number of hydrogen-bond donors (Lipinski definition) is 0. The van der Waals surface area contributed by atoms with Gasteiger partial charge in [-0.05, 0) is 34.4 Å². The Balaban J connectivity index is 1.85. The Kier molecular flexibility index (Phi) is 5.63. The molecule has 0 aliphatic rings. The predicted octanol–water partition coefficient (Wildman–Crippen LogP) is 1.68. The number of carbonyl (C=O) groups excluding carboxylic acids is 1. The van der Waals surface area contributed by atoms with E-state index in [-0.39, 0.29) is 5.91 Å². The molecule has 2 aromatic rings. The second-order valence-corrected chi connectivity index (χ2v) is 6.29. The van der Waals surface area contributed by atoms with Crippen LogP contribution in [0.25, 0.3) is 0 Å². The fourth-order valence-corrected chi connectivity index (χ4v) is 2.87. The number of tetrazole rings is 1. The summed E-state index contributed by atoms with van der Waals surface area (Å²) in [5, 5.41) is 11.8. The lowest BCUT2D eigenvalue weighted by molar-refractivity contribution is -0.127. The SMILES string of the molecule is CSc1ccc(CN(C)C(=O)CSc2nnnn2C)cc1. The van der Waals surface area contributed by atoms with E-state index in [2.05, 4.69) is 39.8 Å². The molecule has 1 aromatic carbocycles. The number of carbonyl (C=O) groups is 1. The number of benzene rings is 1. The van der Waals surface area contributed by atoms with Gasteiger partial charge in [-0.15, -0.1) is 16.9 Å². The zero-order chi connectivity index (χ0) is 15.2. The van der Waals surface area contributed by atoms with E-state index in [4.69, 9.17) is 0 Å². The average Bonchev–Trinajstić information content (AvgIpc) is 2.90. The molecule has 0 saturated carbocycles. The average molecular weight is 323 g/mol. The van der Waals surface area contributed by atoms with Crippen LogP contribution in [0.2, 0.25) is 0 Å². The molecule has 0 spiro atoms. The molecule has 0 unspecified atom stereocenters. The van der Waals surface area contributed by atoms with Crippen LogP contribution in [0, 0.1) is 0 Å². The minimum atomic E-state index is 0.0527. The molecule has 0 aliphatic heterocycles. The van der Waals surface area contributed by atoms with Gasteiger partial charge < -0.3 is 4.90 Å². The standard InChI is InChI=1S/C13H17N5OS2/c1-17(8-10-4-6-11(20-3)7-5-10)12(19)9-21-13-14-15-16-18(13)2/h4-7H,8-9H2,1-3H3. The molecule has 0 N–H and O–H groups in total. The van der Waals surface area contributed by atoms with Gasteiger partial charge in [-0.3, -0.25) is 4.79 Å². The highest BCUT2D eigenvalue weighted by Gasteiger charge is 2.12. The van der Waals surface area contributed by atoms with Gasteiger partial charge in [0.15, 0.2) is 0 Å². The van der Waals surface area contributed by atoms with Crippen molar-refractivity contribution in [2.45, 2.75) is 16.6 Å². The molecule has 0 atom stereocenters. The number of rotatable bonds is 6. The third-order valence-electron chi connectivity index (χ3n) is 2.91. The number of thioether (sulfide) groups is 2. The van der Waals surface area contributed by atoms with Crippen molar-refractivity contribution in [2.75, 3.05) is 19.1 Å². The van der Waals surface area contributed by atoms with Crippen molar-refractivity contribution >= 4 is 29.4 Å². The lowest BCUT2D eigenvalue weighted by atomic mass is 10.2. The molecule has 1 amide bonds. The zero-order valence-corrected chi connectivity index (χ0v) is 13.8. The summed E-state index contributed by atoms with van der Waals surface area (Å²) < 4.78 is 1.55. The Morgan fingerprint density at radius 1 is 1.33 bits per heavy atom. The highest BCUT2D eigenvalue weighted by atomic mass is 32.2. The van der Waals surface area contributed by atoms with E-state index >= 15 is 0 Å². The third-order valence-corrected chi connectivity index (χ3v) is 4.65. The summed E-state index contributed by atoms with van der Waals surface area (Å²) in [5.74, 6) is 0.380. The molecule has 21 heavy (non-hydrogen) atoms. The monoisotopic (exact) mass is 323 g/mol. The van der Waals surface area contributed by atoms with Gasteiger partial charge in [0.05, 0.1) is 5.75 Å². The van der Waals surface area contributed by atoms with Crippen molar-refractivity contribution < 1.29 is 4.79 Å². The molecule has 0 aliphatic carbocycles. The first-order valence-corrected chi connectivity index (χ1v) is 8.53. The van der Waals surface area contributed by atoms with Gasteiger partial charge in [-0.1, -0.05) is 23.9 Å². The Labute approximate surface area is 132 Å². The van der Waals surface area contributed by atoms with Crippen molar-refractivity contribution in [3.63, 3.8) is 0 Å². The first-order valence-electron chi connectivity index (χ1n) is 6.32. The van der Waals surface area contributed by atoms with E-state index in [1.54, 1.807) is 35.4 Å². The molecule has 6 nitrogen and oxygen atoms in total. The molecule has 1 heterocycles. The largest absolute Gasteiger partial charge is 0.341 e. The maximum Gasteiger partial charge on any atom is 0.233 e. The van der Waals surface area contributed by atoms with Crippen LogP contribution >= 0.6 is 23.5 Å². The van der Waals surface area contributed by atoms with Crippen molar-refractivity contribution in [1.29, 1.82) is 0 Å². The van der Waals surface area contributed by atoms with Gasteiger partial charge in [0.2, 0.25) is 11.1 Å². The minimum Gasteiger partial charge on any atom is -0.341 e. The first-order chi connectivity index (χ1) is 10.1. The van der Waals surface area contributed by atoms with E-state index in [9.17, 15) is 4.79 Å². The first kappa shape index (κ1) is 15.8. The van der Waals surface area contributed by atoms with Crippen molar-refractivity contribution in [3.05, 3.63) is 29.8 Å². The third kappa shape index (κ3) is 4.47. The second kappa shape index (κ2) is 7.46. The number of aromatic nitrogens is 4. The van der Waals surface area contributed by atoms with E-state index in [1.165, 1.54) is 16.7 Å². The number of nitrogens with zero attached hydrogens (tertiary/aromatic N) is 5. The van der Waals surface area contributed by atoms with Gasteiger partial charge in [-0.2, -0.15) is 0 Å². The van der Waals surface area contributed by atoms with E-state index in [0.717, 1.165) is 5.56 Å². The van der Waals surface area contributed by atoms with Crippen LogP contribution in [0.4, 0.5) is 0 Å². The second-order valence-electron chi connectivity index (χ2n) is 4.47. The summed E-state index contributed by atoms with van der Waals surface area (Å²) >= 11 is 3.04. The van der Waals surface area contributed by atoms with Gasteiger partial charge >= 0.3 is 0 Å². The number of amides is 1. The predicted molar refractivity (Wildman–Crippen MR) is 84.2 cm³/mol. The van der Waals surface area contributed by atoms with Crippen LogP contribution in [-0.2, 0) is 18.4 Å². The molecule has 2 rings (SSSR count). The summed E-state index contributed by atoms with van der Waals surface area (Å²) in [7, 11) is 3.56. The van der Waals surface area contributed by atoms with Gasteiger partial charge in [0.25, 0.3) is 0 Å². The van der Waals surface area contributed by atoms with Crippen LogP contribution in [0.3, 0.4) is 0 Å². The maximum absolute atomic E-state index is 12.1. The van der Waals surface area contributed by atoms with Crippen LogP contribution in [0.15, 0.2) is 34.3 Å². The Morgan fingerprint density at radius 3 is 2.62 bits per heavy atom. The molecule has 8 heteroatoms. The van der Waals surface area contributed by atoms with Gasteiger partial charge in [0.1, 0.15) is 0 Å². The van der Waals surface area contributed by atoms with E-state index in [1.807, 2.05) is 6.26 Å². The van der Waals surface area contributed by atoms with Crippen molar-refractivity contribution in [3.8, 4) is 0 Å². The molecule has 0 radical (unpaired) electrons. The molecule has 112 valence electrons. The van der Waals surface area contributed by atoms with Crippen molar-refractivity contribution in [2.24, 2.45) is 7.05 Å². The Hall–Kier alpha value is -1.54. The quantitative estimate of drug-likeness (QED) is 0.754. The lowest BCUT2D eigenvalue weighted by Crippen LogP contribution is -2.27. The van der Waals surface area contributed by atoms with Gasteiger partial charge in [0, 0.05) is 25.5 Å². The summed E-state index contributed by atoms with van der Waals surface area (Å²) in [6.45, 7) is 0.602. The van der Waals surface area contributed by atoms with Crippen LogP contribution in [0.5, 0.6) is 0 Å². The lowest BCUT2D eigenvalue weighted by Gasteiger charge is -2.17. The van der Waals surface area contributed by atoms with Crippen LogP contribution in [-0.4, -0.2) is 50.1 Å². The Bertz CT molecular complexity index is 599. The maximum atomic E-state index is 12.1. The molecular weight excluding hydrogens is 306 g/mol. The smallest absolute Gasteiger partial charge is 0.233 e. The summed E-state index contributed by atoms with van der Waals surface area (Å²) in [4.78, 5) is 15.0. The number of hydrogen-bond acceptors (Lipinski definition) is 6. The van der Waals surface area contributed by atoms with E-state index in [0.29, 0.717) is 17.5 Å². The van der Waals surface area contributed by atoms with E-state index < -0.39 is 0 Å². The molecule has 0 fully saturated rings. The zero-order valence-electron chi connectivity index (χ0n) is 12.2. The molecular formula is C13H17N5OS2. The minimum absolute atomic E-state index is 0.0527. The Morgan fingerprint density at radius 2 is 2.05 bits per heavy atom. The van der Waals surface area contributed by atoms with Crippen LogP contribution < -0.4 is 0 Å². The summed E-state index contributed by atoms with van der Waals surface area (Å²) in [6, 6.07) is 8.24. The topological polar surface area (TPSA) is 63.9 Å². The number of aryl methyl sites for hydroxylation is 1. The normalized spacial score (nSPS) is 10.6. The highest BCUT2D eigenvalue weighted by Crippen LogP contribution is 2.17. The molecule has 0 saturated heterocycles. The van der Waals surface area contributed by atoms with Crippen molar-refractivity contribution in [1.82, 2.24) is 25.1 Å². The highest BCUT2D eigenvalue weighted by molar-refractivity contribution is 7.99. The fraction of sp³-hybridized carbons (Fsp3) is 0.385. The summed E-state index contributed by atoms with van der Waals surface area (Å²) in [5.41, 5.74) is 1.12.